The normalized spacial score (nSPS) is 22.0. The van der Waals surface area contributed by atoms with Crippen LogP contribution in [0.3, 0.4) is 0 Å². The molecule has 1 saturated heterocycles. The molecule has 0 radical (unpaired) electrons. The van der Waals surface area contributed by atoms with Crippen LogP contribution in [0, 0.1) is 12.7 Å². The van der Waals surface area contributed by atoms with Crippen molar-refractivity contribution in [3.63, 3.8) is 0 Å². The number of rotatable bonds is 5. The van der Waals surface area contributed by atoms with E-state index in [-0.39, 0.29) is 24.1 Å². The van der Waals surface area contributed by atoms with Crippen LogP contribution >= 0.6 is 0 Å². The molecule has 0 aromatic heterocycles. The number of nitrogens with zero attached hydrogens (tertiary/aromatic N) is 1. The molecule has 1 amide bonds. The first-order valence-corrected chi connectivity index (χ1v) is 13.0. The zero-order valence-corrected chi connectivity index (χ0v) is 22.1. The largest absolute Gasteiger partial charge is 0.416 e. The van der Waals surface area contributed by atoms with E-state index in [0.717, 1.165) is 16.7 Å². The summed E-state index contributed by atoms with van der Waals surface area (Å²) in [5.74, 6) is -1.26. The van der Waals surface area contributed by atoms with Crippen LogP contribution in [-0.2, 0) is 21.9 Å². The molecule has 0 N–H and O–H groups in total. The molecular formula is C31H26F7NO2. The fourth-order valence-electron chi connectivity index (χ4n) is 5.66. The van der Waals surface area contributed by atoms with E-state index in [1.54, 1.807) is 17.0 Å². The van der Waals surface area contributed by atoms with Crippen molar-refractivity contribution in [1.29, 1.82) is 0 Å². The molecule has 216 valence electrons. The Labute approximate surface area is 232 Å². The van der Waals surface area contributed by atoms with Crippen LogP contribution in [-0.4, -0.2) is 29.5 Å². The van der Waals surface area contributed by atoms with Crippen molar-refractivity contribution in [2.75, 3.05) is 6.54 Å². The number of alkyl halides is 6. The van der Waals surface area contributed by atoms with Crippen molar-refractivity contribution < 1.29 is 40.3 Å². The summed E-state index contributed by atoms with van der Waals surface area (Å²) in [6.07, 6.45) is -9.97. The van der Waals surface area contributed by atoms with E-state index in [1.807, 2.05) is 31.2 Å². The number of amides is 1. The number of ether oxygens (including phenoxy) is 1. The van der Waals surface area contributed by atoms with Gasteiger partial charge in [-0.05, 0) is 72.9 Å². The van der Waals surface area contributed by atoms with Crippen molar-refractivity contribution in [3.8, 4) is 0 Å². The summed E-state index contributed by atoms with van der Waals surface area (Å²) in [5.41, 5.74) is 0.202. The Balaban J connectivity index is 1.49. The summed E-state index contributed by atoms with van der Waals surface area (Å²) in [4.78, 5) is 14.9. The molecule has 3 nitrogen and oxygen atoms in total. The second-order valence-corrected chi connectivity index (χ2v) is 10.5. The maximum Gasteiger partial charge on any atom is 0.416 e. The minimum absolute atomic E-state index is 0.0681. The van der Waals surface area contributed by atoms with Crippen LogP contribution < -0.4 is 0 Å². The Morgan fingerprint density at radius 3 is 2.02 bits per heavy atom. The Hall–Kier alpha value is -3.66. The highest BCUT2D eigenvalue weighted by Crippen LogP contribution is 2.45. The first-order chi connectivity index (χ1) is 19.2. The predicted octanol–water partition coefficient (Wildman–Crippen LogP) is 8.10. The molecule has 0 saturated carbocycles. The predicted molar refractivity (Wildman–Crippen MR) is 138 cm³/mol. The summed E-state index contributed by atoms with van der Waals surface area (Å²) >= 11 is 0. The number of carbonyl (C=O) groups excluding carboxylic acids is 1. The SMILES string of the molecule is Cc1ccc(C2=CC(=O)N3C[C@H](O[C@H](C)c4cc(C(F)(F)F)cc(C(F)(F)F)c4)[C@@H](c4ccc(F)cc4)[C@@H]3C2)cc1. The summed E-state index contributed by atoms with van der Waals surface area (Å²) in [5, 5.41) is 0. The third-order valence-corrected chi connectivity index (χ3v) is 7.74. The average Bonchev–Trinajstić information content (AvgIpc) is 3.26. The fourth-order valence-corrected chi connectivity index (χ4v) is 5.66. The Bertz CT molecular complexity index is 1430. The Kier molecular flexibility index (Phi) is 7.48. The minimum Gasteiger partial charge on any atom is -0.368 e. The summed E-state index contributed by atoms with van der Waals surface area (Å²) < 4.78 is 101. The van der Waals surface area contributed by atoms with Crippen LogP contribution in [0.5, 0.6) is 0 Å². The van der Waals surface area contributed by atoms with E-state index in [0.29, 0.717) is 24.1 Å². The second-order valence-electron chi connectivity index (χ2n) is 10.5. The van der Waals surface area contributed by atoms with Gasteiger partial charge >= 0.3 is 12.4 Å². The Morgan fingerprint density at radius 1 is 0.878 bits per heavy atom. The number of fused-ring (bicyclic) bond motifs is 1. The van der Waals surface area contributed by atoms with E-state index < -0.39 is 53.5 Å². The highest BCUT2D eigenvalue weighted by molar-refractivity contribution is 5.98. The van der Waals surface area contributed by atoms with Gasteiger partial charge in [-0.1, -0.05) is 42.0 Å². The van der Waals surface area contributed by atoms with Crippen LogP contribution in [0.15, 0.2) is 72.8 Å². The van der Waals surface area contributed by atoms with Crippen molar-refractivity contribution in [3.05, 3.63) is 112 Å². The van der Waals surface area contributed by atoms with E-state index in [4.69, 9.17) is 4.74 Å². The highest BCUT2D eigenvalue weighted by atomic mass is 19.4. The second kappa shape index (κ2) is 10.6. The van der Waals surface area contributed by atoms with Crippen LogP contribution in [0.25, 0.3) is 5.57 Å². The zero-order chi connectivity index (χ0) is 29.7. The van der Waals surface area contributed by atoms with Gasteiger partial charge in [0, 0.05) is 24.6 Å². The standard InChI is InChI=1S/C31H26F7NO2/c1-17-3-5-19(6-4-17)22-13-26-29(20-7-9-25(32)10-8-20)27(16-39(26)28(40)14-22)41-18(2)21-11-23(30(33,34)35)15-24(12-21)31(36,37)38/h3-12,14-15,18,26-27,29H,13,16H2,1-2H3/t18-,26+,27+,29+/m1/s1. The van der Waals surface area contributed by atoms with Crippen molar-refractivity contribution in [2.24, 2.45) is 0 Å². The lowest BCUT2D eigenvalue weighted by Crippen LogP contribution is -2.39. The molecule has 10 heteroatoms. The molecule has 1 fully saturated rings. The maximum absolute atomic E-state index is 13.8. The number of benzene rings is 3. The summed E-state index contributed by atoms with van der Waals surface area (Å²) in [6, 6.07) is 14.3. The molecule has 41 heavy (non-hydrogen) atoms. The molecule has 2 aliphatic rings. The lowest BCUT2D eigenvalue weighted by molar-refractivity contribution is -0.143. The van der Waals surface area contributed by atoms with Gasteiger partial charge in [0.05, 0.1) is 23.3 Å². The van der Waals surface area contributed by atoms with Gasteiger partial charge in [-0.2, -0.15) is 26.3 Å². The van der Waals surface area contributed by atoms with Crippen molar-refractivity contribution in [2.45, 2.75) is 56.8 Å². The molecule has 4 atom stereocenters. The van der Waals surface area contributed by atoms with E-state index in [1.165, 1.54) is 25.1 Å². The fraction of sp³-hybridized carbons (Fsp3) is 0.323. The molecule has 2 aliphatic heterocycles. The third kappa shape index (κ3) is 6.02. The molecular weight excluding hydrogens is 551 g/mol. The van der Waals surface area contributed by atoms with E-state index in [2.05, 4.69) is 0 Å². The number of aryl methyl sites for hydroxylation is 1. The lowest BCUT2D eigenvalue weighted by atomic mass is 9.83. The number of carbonyl (C=O) groups is 1. The summed E-state index contributed by atoms with van der Waals surface area (Å²) in [7, 11) is 0. The molecule has 0 bridgehead atoms. The van der Waals surface area contributed by atoms with Gasteiger partial charge in [-0.15, -0.1) is 0 Å². The topological polar surface area (TPSA) is 29.5 Å². The van der Waals surface area contributed by atoms with Gasteiger partial charge in [0.2, 0.25) is 5.91 Å². The Morgan fingerprint density at radius 2 is 1.46 bits per heavy atom. The first kappa shape index (κ1) is 28.9. The lowest BCUT2D eigenvalue weighted by Gasteiger charge is -2.33. The van der Waals surface area contributed by atoms with E-state index in [9.17, 15) is 35.5 Å². The highest BCUT2D eigenvalue weighted by Gasteiger charge is 2.48. The van der Waals surface area contributed by atoms with Gasteiger partial charge in [0.25, 0.3) is 0 Å². The van der Waals surface area contributed by atoms with Gasteiger partial charge < -0.3 is 9.64 Å². The van der Waals surface area contributed by atoms with Crippen LogP contribution in [0.1, 0.15) is 58.7 Å². The van der Waals surface area contributed by atoms with E-state index >= 15 is 0 Å². The number of hydrogen-bond donors (Lipinski definition) is 0. The summed E-state index contributed by atoms with van der Waals surface area (Å²) in [6.45, 7) is 3.39. The van der Waals surface area contributed by atoms with Gasteiger partial charge in [0.15, 0.2) is 0 Å². The van der Waals surface area contributed by atoms with Gasteiger partial charge in [-0.25, -0.2) is 4.39 Å². The van der Waals surface area contributed by atoms with Crippen molar-refractivity contribution in [1.82, 2.24) is 4.90 Å². The van der Waals surface area contributed by atoms with Gasteiger partial charge in [0.1, 0.15) is 5.82 Å². The average molecular weight is 578 g/mol. The van der Waals surface area contributed by atoms with Crippen LogP contribution in [0.4, 0.5) is 30.7 Å². The molecule has 5 rings (SSSR count). The van der Waals surface area contributed by atoms with Gasteiger partial charge in [-0.3, -0.25) is 4.79 Å². The molecule has 0 aliphatic carbocycles. The maximum atomic E-state index is 13.8. The molecule has 2 heterocycles. The quantitative estimate of drug-likeness (QED) is 0.287. The van der Waals surface area contributed by atoms with Crippen LogP contribution in [0.2, 0.25) is 0 Å². The zero-order valence-electron chi connectivity index (χ0n) is 22.1. The number of halogens is 7. The van der Waals surface area contributed by atoms with Crippen molar-refractivity contribution >= 4 is 11.5 Å². The third-order valence-electron chi connectivity index (χ3n) is 7.74. The molecule has 0 unspecified atom stereocenters. The molecule has 3 aromatic carbocycles. The molecule has 0 spiro atoms. The number of hydrogen-bond acceptors (Lipinski definition) is 2. The minimum atomic E-state index is -5.00. The monoisotopic (exact) mass is 577 g/mol. The first-order valence-electron chi connectivity index (χ1n) is 13.0. The molecule has 3 aromatic rings. The smallest absolute Gasteiger partial charge is 0.368 e.